The monoisotopic (exact) mass is 627 g/mol. The summed E-state index contributed by atoms with van der Waals surface area (Å²) in [7, 11) is -2.63. The zero-order valence-electron chi connectivity index (χ0n) is 26.1. The summed E-state index contributed by atoms with van der Waals surface area (Å²) in [5, 5.41) is 3.01. The molecule has 0 saturated heterocycles. The number of aryl methyl sites for hydroxylation is 1. The summed E-state index contributed by atoms with van der Waals surface area (Å²) in [6, 6.07) is 30.9. The van der Waals surface area contributed by atoms with E-state index in [1.54, 1.807) is 42.5 Å². The second-order valence-corrected chi connectivity index (χ2v) is 12.7. The average Bonchev–Trinajstić information content (AvgIpc) is 3.06. The van der Waals surface area contributed by atoms with E-state index in [9.17, 15) is 18.0 Å². The van der Waals surface area contributed by atoms with Gasteiger partial charge in [0.25, 0.3) is 10.0 Å². The van der Waals surface area contributed by atoms with Crippen molar-refractivity contribution in [2.24, 2.45) is 0 Å². The number of rotatable bonds is 15. The number of methoxy groups -OCH3 is 1. The van der Waals surface area contributed by atoms with Crippen LogP contribution in [0.15, 0.2) is 114 Å². The normalized spacial score (nSPS) is 11.8. The molecule has 1 atom stereocenters. The fourth-order valence-electron chi connectivity index (χ4n) is 5.06. The highest BCUT2D eigenvalue weighted by Crippen LogP contribution is 2.27. The first kappa shape index (κ1) is 33.3. The molecule has 0 saturated carbocycles. The minimum Gasteiger partial charge on any atom is -0.497 e. The summed E-state index contributed by atoms with van der Waals surface area (Å²) in [4.78, 5) is 29.9. The van der Waals surface area contributed by atoms with Gasteiger partial charge in [0.05, 0.1) is 17.7 Å². The van der Waals surface area contributed by atoms with Crippen molar-refractivity contribution in [3.05, 3.63) is 126 Å². The van der Waals surface area contributed by atoms with Gasteiger partial charge in [-0.1, -0.05) is 91.7 Å². The Morgan fingerprint density at radius 1 is 0.844 bits per heavy atom. The van der Waals surface area contributed by atoms with Gasteiger partial charge >= 0.3 is 0 Å². The summed E-state index contributed by atoms with van der Waals surface area (Å²) in [6.07, 6.45) is 1.98. The van der Waals surface area contributed by atoms with Crippen molar-refractivity contribution in [3.8, 4) is 5.75 Å². The molecule has 0 aromatic heterocycles. The van der Waals surface area contributed by atoms with Crippen molar-refractivity contribution in [1.29, 1.82) is 0 Å². The lowest BCUT2D eigenvalue weighted by atomic mass is 10.0. The van der Waals surface area contributed by atoms with Gasteiger partial charge in [0.15, 0.2) is 0 Å². The van der Waals surface area contributed by atoms with Crippen molar-refractivity contribution < 1.29 is 22.7 Å². The molecule has 4 aromatic rings. The number of nitrogens with one attached hydrogen (secondary N) is 1. The lowest BCUT2D eigenvalue weighted by Crippen LogP contribution is -2.53. The number of amides is 2. The molecule has 1 N–H and O–H groups in total. The number of nitrogens with zero attached hydrogens (tertiary/aromatic N) is 2. The number of hydrogen-bond acceptors (Lipinski definition) is 5. The highest BCUT2D eigenvalue weighted by Gasteiger charge is 2.34. The second kappa shape index (κ2) is 15.9. The molecule has 0 heterocycles. The van der Waals surface area contributed by atoms with Crippen molar-refractivity contribution in [3.63, 3.8) is 0 Å². The van der Waals surface area contributed by atoms with Gasteiger partial charge in [0, 0.05) is 19.5 Å². The van der Waals surface area contributed by atoms with Gasteiger partial charge in [-0.05, 0) is 60.9 Å². The maximum absolute atomic E-state index is 14.5. The van der Waals surface area contributed by atoms with Crippen LogP contribution in [0.3, 0.4) is 0 Å². The molecule has 0 aliphatic heterocycles. The Morgan fingerprint density at radius 3 is 2.11 bits per heavy atom. The molecular weight excluding hydrogens is 586 g/mol. The summed E-state index contributed by atoms with van der Waals surface area (Å²) < 4.78 is 34.5. The van der Waals surface area contributed by atoms with Gasteiger partial charge in [-0.15, -0.1) is 0 Å². The molecule has 4 aromatic carbocycles. The van der Waals surface area contributed by atoms with Crippen LogP contribution in [-0.2, 0) is 32.6 Å². The summed E-state index contributed by atoms with van der Waals surface area (Å²) >= 11 is 0. The van der Waals surface area contributed by atoms with Crippen LogP contribution in [-0.4, -0.2) is 51.4 Å². The predicted octanol–water partition coefficient (Wildman–Crippen LogP) is 5.76. The van der Waals surface area contributed by atoms with Crippen LogP contribution in [0.2, 0.25) is 0 Å². The van der Waals surface area contributed by atoms with Crippen molar-refractivity contribution >= 4 is 27.5 Å². The third kappa shape index (κ3) is 8.95. The zero-order valence-corrected chi connectivity index (χ0v) is 26.9. The zero-order chi connectivity index (χ0) is 32.2. The minimum atomic E-state index is -4.16. The average molecular weight is 628 g/mol. The fraction of sp³-hybridized carbons (Fsp3) is 0.278. The van der Waals surface area contributed by atoms with Crippen LogP contribution in [0.5, 0.6) is 5.75 Å². The number of benzene rings is 4. The number of carbonyl (C=O) groups is 2. The van der Waals surface area contributed by atoms with E-state index in [1.807, 2.05) is 68.4 Å². The smallest absolute Gasteiger partial charge is 0.264 e. The molecule has 0 spiro atoms. The van der Waals surface area contributed by atoms with Crippen LogP contribution in [0.1, 0.15) is 36.5 Å². The summed E-state index contributed by atoms with van der Waals surface area (Å²) in [5.41, 5.74) is 3.04. The van der Waals surface area contributed by atoms with E-state index in [2.05, 4.69) is 5.32 Å². The lowest BCUT2D eigenvalue weighted by Gasteiger charge is -2.34. The number of unbranched alkanes of at least 4 members (excludes halogenated alkanes) is 1. The van der Waals surface area contributed by atoms with E-state index in [1.165, 1.54) is 24.1 Å². The number of carbonyl (C=O) groups excluding carboxylic acids is 2. The van der Waals surface area contributed by atoms with E-state index in [0.717, 1.165) is 33.8 Å². The second-order valence-electron chi connectivity index (χ2n) is 10.9. The highest BCUT2D eigenvalue weighted by molar-refractivity contribution is 7.92. The van der Waals surface area contributed by atoms with Crippen LogP contribution in [0, 0.1) is 6.92 Å². The van der Waals surface area contributed by atoms with Gasteiger partial charge in [-0.25, -0.2) is 8.42 Å². The molecule has 45 heavy (non-hydrogen) atoms. The molecule has 0 radical (unpaired) electrons. The lowest BCUT2D eigenvalue weighted by molar-refractivity contribution is -0.140. The van der Waals surface area contributed by atoms with E-state index in [0.29, 0.717) is 18.0 Å². The first-order chi connectivity index (χ1) is 21.7. The molecule has 0 fully saturated rings. The van der Waals surface area contributed by atoms with Crippen LogP contribution < -0.4 is 14.4 Å². The van der Waals surface area contributed by atoms with Gasteiger partial charge < -0.3 is 15.0 Å². The molecule has 236 valence electrons. The maximum atomic E-state index is 14.5. The molecule has 0 aliphatic carbocycles. The molecule has 9 heteroatoms. The Morgan fingerprint density at radius 2 is 1.49 bits per heavy atom. The number of anilines is 1. The number of ether oxygens (including phenoxy) is 1. The SMILES string of the molecule is CCCCNC(=O)[C@H](Cc1ccccc1)N(Cc1cccc(C)c1)C(=O)CN(c1ccc(OC)cc1)S(=O)(=O)c1ccccc1. The van der Waals surface area contributed by atoms with Crippen LogP contribution in [0.4, 0.5) is 5.69 Å². The van der Waals surface area contributed by atoms with Crippen molar-refractivity contribution in [2.75, 3.05) is 24.5 Å². The summed E-state index contributed by atoms with van der Waals surface area (Å²) in [5.74, 6) is -0.233. The minimum absolute atomic E-state index is 0.0528. The summed E-state index contributed by atoms with van der Waals surface area (Å²) in [6.45, 7) is 4.10. The molecule has 4 rings (SSSR count). The van der Waals surface area contributed by atoms with Crippen LogP contribution in [0.25, 0.3) is 0 Å². The highest BCUT2D eigenvalue weighted by atomic mass is 32.2. The molecule has 0 bridgehead atoms. The molecule has 8 nitrogen and oxygen atoms in total. The molecule has 0 aliphatic rings. The Labute approximate surface area is 266 Å². The van der Waals surface area contributed by atoms with Crippen molar-refractivity contribution in [1.82, 2.24) is 10.2 Å². The first-order valence-electron chi connectivity index (χ1n) is 15.1. The number of hydrogen-bond donors (Lipinski definition) is 1. The van der Waals surface area contributed by atoms with E-state index in [-0.39, 0.29) is 23.8 Å². The van der Waals surface area contributed by atoms with Gasteiger partial charge in [-0.2, -0.15) is 0 Å². The molecular formula is C36H41N3O5S. The third-order valence-electron chi connectivity index (χ3n) is 7.51. The largest absolute Gasteiger partial charge is 0.497 e. The molecule has 2 amide bonds. The topological polar surface area (TPSA) is 96.0 Å². The molecule has 0 unspecified atom stereocenters. The van der Waals surface area contributed by atoms with E-state index < -0.39 is 28.5 Å². The Balaban J connectivity index is 1.78. The quantitative estimate of drug-likeness (QED) is 0.169. The van der Waals surface area contributed by atoms with E-state index >= 15 is 0 Å². The van der Waals surface area contributed by atoms with Crippen LogP contribution >= 0.6 is 0 Å². The fourth-order valence-corrected chi connectivity index (χ4v) is 6.50. The van der Waals surface area contributed by atoms with Crippen molar-refractivity contribution in [2.45, 2.75) is 50.6 Å². The Kier molecular flexibility index (Phi) is 11.8. The standard InChI is InChI=1S/C36H41N3O5S/c1-4-5-23-37-36(41)34(25-29-14-8-6-9-15-29)38(26-30-16-12-13-28(2)24-30)35(40)27-39(31-19-21-32(44-3)22-20-31)45(42,43)33-17-10-7-11-18-33/h6-22,24,34H,4-5,23,25-27H2,1-3H3,(H,37,41)/t34-/m0/s1. The predicted molar refractivity (Wildman–Crippen MR) is 178 cm³/mol. The third-order valence-corrected chi connectivity index (χ3v) is 9.29. The Hall–Kier alpha value is -4.63. The first-order valence-corrected chi connectivity index (χ1v) is 16.6. The Bertz CT molecular complexity index is 1650. The van der Waals surface area contributed by atoms with Gasteiger partial charge in [-0.3, -0.25) is 13.9 Å². The number of sulfonamides is 1. The maximum Gasteiger partial charge on any atom is 0.264 e. The van der Waals surface area contributed by atoms with E-state index in [4.69, 9.17) is 4.74 Å². The van der Waals surface area contributed by atoms with Gasteiger partial charge in [0.2, 0.25) is 11.8 Å². The van der Waals surface area contributed by atoms with Gasteiger partial charge in [0.1, 0.15) is 18.3 Å².